The molecular weight excluding hydrogens is 242 g/mol. The van der Waals surface area contributed by atoms with E-state index in [1.165, 1.54) is 0 Å². The van der Waals surface area contributed by atoms with Crippen LogP contribution in [-0.2, 0) is 4.79 Å². The molecule has 2 aromatic rings. The Hall–Kier alpha value is -2.17. The lowest BCUT2D eigenvalue weighted by Crippen LogP contribution is -2.30. The van der Waals surface area contributed by atoms with Gasteiger partial charge in [-0.1, -0.05) is 13.8 Å². The largest absolute Gasteiger partial charge is 0.480 e. The van der Waals surface area contributed by atoms with Crippen LogP contribution in [0.5, 0.6) is 0 Å². The highest BCUT2D eigenvalue weighted by atomic mass is 16.4. The fourth-order valence-corrected chi connectivity index (χ4v) is 2.00. The van der Waals surface area contributed by atoms with Crippen LogP contribution in [0.15, 0.2) is 30.7 Å². The summed E-state index contributed by atoms with van der Waals surface area (Å²) in [4.78, 5) is 19.6. The Labute approximate surface area is 111 Å². The van der Waals surface area contributed by atoms with Crippen LogP contribution in [0, 0.1) is 5.92 Å². The van der Waals surface area contributed by atoms with Gasteiger partial charge in [-0.05, 0) is 24.5 Å². The van der Waals surface area contributed by atoms with Gasteiger partial charge in [0.2, 0.25) is 0 Å². The number of nitrogens with zero attached hydrogens (tertiary/aromatic N) is 2. The highest BCUT2D eigenvalue weighted by Gasteiger charge is 2.19. The molecule has 0 spiro atoms. The van der Waals surface area contributed by atoms with Crippen LogP contribution in [0.25, 0.3) is 10.9 Å². The number of aliphatic carboxylic acids is 1. The highest BCUT2D eigenvalue weighted by Crippen LogP contribution is 2.22. The van der Waals surface area contributed by atoms with Gasteiger partial charge in [-0.25, -0.2) is 4.79 Å². The molecule has 19 heavy (non-hydrogen) atoms. The smallest absolute Gasteiger partial charge is 0.326 e. The van der Waals surface area contributed by atoms with Crippen LogP contribution in [0.2, 0.25) is 0 Å². The number of nitrogens with one attached hydrogen (secondary N) is 1. The standard InChI is InChI=1S/C14H17N3O2/c1-9(2)7-13(14(18)19)17-12-4-6-16-11-3-5-15-8-10(11)12/h3-6,8-9,13H,7H2,1-2H3,(H,16,17)(H,18,19). The minimum absolute atomic E-state index is 0.305. The van der Waals surface area contributed by atoms with Crippen molar-refractivity contribution in [3.8, 4) is 0 Å². The third-order valence-corrected chi connectivity index (χ3v) is 2.88. The van der Waals surface area contributed by atoms with E-state index in [-0.39, 0.29) is 0 Å². The molecule has 0 aliphatic rings. The maximum atomic E-state index is 11.3. The molecule has 5 nitrogen and oxygen atoms in total. The maximum Gasteiger partial charge on any atom is 0.326 e. The monoisotopic (exact) mass is 259 g/mol. The minimum atomic E-state index is -0.845. The van der Waals surface area contributed by atoms with E-state index in [1.54, 1.807) is 30.7 Å². The summed E-state index contributed by atoms with van der Waals surface area (Å²) >= 11 is 0. The van der Waals surface area contributed by atoms with Gasteiger partial charge < -0.3 is 10.4 Å². The first kappa shape index (κ1) is 13.3. The lowest BCUT2D eigenvalue weighted by atomic mass is 10.0. The Morgan fingerprint density at radius 3 is 2.84 bits per heavy atom. The molecule has 2 aromatic heterocycles. The molecule has 0 bridgehead atoms. The SMILES string of the molecule is CC(C)CC(Nc1ccnc2ccncc12)C(=O)O. The first-order chi connectivity index (χ1) is 9.08. The van der Waals surface area contributed by atoms with E-state index in [0.717, 1.165) is 16.6 Å². The van der Waals surface area contributed by atoms with Crippen molar-refractivity contribution in [2.75, 3.05) is 5.32 Å². The topological polar surface area (TPSA) is 75.1 Å². The molecule has 5 heteroatoms. The Morgan fingerprint density at radius 2 is 2.16 bits per heavy atom. The summed E-state index contributed by atoms with van der Waals surface area (Å²) in [6.07, 6.45) is 5.60. The second-order valence-electron chi connectivity index (χ2n) is 4.92. The number of carboxylic acids is 1. The summed E-state index contributed by atoms with van der Waals surface area (Å²) in [5.74, 6) is -0.539. The van der Waals surface area contributed by atoms with Gasteiger partial charge in [0.1, 0.15) is 6.04 Å². The lowest BCUT2D eigenvalue weighted by Gasteiger charge is -2.18. The van der Waals surface area contributed by atoms with Crippen molar-refractivity contribution < 1.29 is 9.90 Å². The molecular formula is C14H17N3O2. The van der Waals surface area contributed by atoms with Crippen molar-refractivity contribution in [3.63, 3.8) is 0 Å². The average Bonchev–Trinajstić information content (AvgIpc) is 2.37. The number of anilines is 1. The molecule has 1 unspecified atom stereocenters. The van der Waals surface area contributed by atoms with Gasteiger partial charge in [0.25, 0.3) is 0 Å². The first-order valence-electron chi connectivity index (χ1n) is 6.26. The predicted octanol–water partition coefficient (Wildman–Crippen LogP) is 2.54. The molecule has 0 aliphatic carbocycles. The maximum absolute atomic E-state index is 11.3. The lowest BCUT2D eigenvalue weighted by molar-refractivity contribution is -0.138. The molecule has 0 amide bonds. The van der Waals surface area contributed by atoms with Gasteiger partial charge in [-0.2, -0.15) is 0 Å². The number of fused-ring (bicyclic) bond motifs is 1. The summed E-state index contributed by atoms with van der Waals surface area (Å²) < 4.78 is 0. The van der Waals surface area contributed by atoms with Crippen molar-refractivity contribution in [2.24, 2.45) is 5.92 Å². The molecule has 0 aliphatic heterocycles. The number of pyridine rings is 2. The molecule has 2 N–H and O–H groups in total. The van der Waals surface area contributed by atoms with E-state index in [0.29, 0.717) is 12.3 Å². The molecule has 0 saturated carbocycles. The van der Waals surface area contributed by atoms with Crippen LogP contribution in [-0.4, -0.2) is 27.1 Å². The fourth-order valence-electron chi connectivity index (χ4n) is 2.00. The quantitative estimate of drug-likeness (QED) is 0.863. The second-order valence-corrected chi connectivity index (χ2v) is 4.92. The summed E-state index contributed by atoms with van der Waals surface area (Å²) in [7, 11) is 0. The molecule has 1 atom stereocenters. The van der Waals surface area contributed by atoms with E-state index >= 15 is 0 Å². The van der Waals surface area contributed by atoms with Gasteiger partial charge in [-0.15, -0.1) is 0 Å². The zero-order chi connectivity index (χ0) is 13.8. The molecule has 100 valence electrons. The van der Waals surface area contributed by atoms with Crippen molar-refractivity contribution >= 4 is 22.6 Å². The van der Waals surface area contributed by atoms with Gasteiger partial charge in [0, 0.05) is 29.7 Å². The van der Waals surface area contributed by atoms with Crippen molar-refractivity contribution in [3.05, 3.63) is 30.7 Å². The summed E-state index contributed by atoms with van der Waals surface area (Å²) in [6.45, 7) is 4.01. The van der Waals surface area contributed by atoms with Crippen LogP contribution in [0.3, 0.4) is 0 Å². The first-order valence-corrected chi connectivity index (χ1v) is 6.26. The van der Waals surface area contributed by atoms with Gasteiger partial charge in [0.15, 0.2) is 0 Å². The third-order valence-electron chi connectivity index (χ3n) is 2.88. The van der Waals surface area contributed by atoms with E-state index < -0.39 is 12.0 Å². The van der Waals surface area contributed by atoms with Crippen molar-refractivity contribution in [1.29, 1.82) is 0 Å². The van der Waals surface area contributed by atoms with E-state index in [1.807, 2.05) is 13.8 Å². The molecule has 2 rings (SSSR count). The van der Waals surface area contributed by atoms with Gasteiger partial charge >= 0.3 is 5.97 Å². The summed E-state index contributed by atoms with van der Waals surface area (Å²) in [5.41, 5.74) is 1.56. The summed E-state index contributed by atoms with van der Waals surface area (Å²) in [6, 6.07) is 2.98. The predicted molar refractivity (Wildman–Crippen MR) is 74.0 cm³/mol. The zero-order valence-corrected chi connectivity index (χ0v) is 11.0. The van der Waals surface area contributed by atoms with E-state index in [2.05, 4.69) is 15.3 Å². The number of carboxylic acid groups (broad SMARTS) is 1. The normalized spacial score (nSPS) is 12.6. The second kappa shape index (κ2) is 5.65. The minimum Gasteiger partial charge on any atom is -0.480 e. The molecule has 0 fully saturated rings. The van der Waals surface area contributed by atoms with Crippen molar-refractivity contribution in [1.82, 2.24) is 9.97 Å². The van der Waals surface area contributed by atoms with E-state index in [9.17, 15) is 9.90 Å². The Morgan fingerprint density at radius 1 is 1.37 bits per heavy atom. The van der Waals surface area contributed by atoms with Crippen LogP contribution >= 0.6 is 0 Å². The summed E-state index contributed by atoms with van der Waals surface area (Å²) in [5, 5.41) is 13.2. The molecule has 2 heterocycles. The number of hydrogen-bond acceptors (Lipinski definition) is 4. The zero-order valence-electron chi connectivity index (χ0n) is 11.0. The van der Waals surface area contributed by atoms with E-state index in [4.69, 9.17) is 0 Å². The number of rotatable bonds is 5. The fraction of sp³-hybridized carbons (Fsp3) is 0.357. The van der Waals surface area contributed by atoms with Crippen LogP contribution < -0.4 is 5.32 Å². The Kier molecular flexibility index (Phi) is 3.94. The number of hydrogen-bond donors (Lipinski definition) is 2. The molecule has 0 aromatic carbocycles. The van der Waals surface area contributed by atoms with Crippen LogP contribution in [0.4, 0.5) is 5.69 Å². The average molecular weight is 259 g/mol. The number of carbonyl (C=O) groups is 1. The van der Waals surface area contributed by atoms with Crippen molar-refractivity contribution in [2.45, 2.75) is 26.3 Å². The highest BCUT2D eigenvalue weighted by molar-refractivity contribution is 5.92. The Bertz CT molecular complexity index is 578. The van der Waals surface area contributed by atoms with Crippen LogP contribution in [0.1, 0.15) is 20.3 Å². The molecule has 0 radical (unpaired) electrons. The van der Waals surface area contributed by atoms with Gasteiger partial charge in [-0.3, -0.25) is 9.97 Å². The number of aromatic nitrogens is 2. The van der Waals surface area contributed by atoms with Gasteiger partial charge in [0.05, 0.1) is 5.52 Å². The Balaban J connectivity index is 2.31. The third kappa shape index (κ3) is 3.19. The molecule has 0 saturated heterocycles.